The second kappa shape index (κ2) is 4.59. The van der Waals surface area contributed by atoms with Crippen molar-refractivity contribution in [1.29, 1.82) is 0 Å². The quantitative estimate of drug-likeness (QED) is 0.824. The fraction of sp³-hybridized carbons (Fsp3) is 0.333. The van der Waals surface area contributed by atoms with Crippen LogP contribution in [0.3, 0.4) is 0 Å². The minimum absolute atomic E-state index is 0.415. The summed E-state index contributed by atoms with van der Waals surface area (Å²) in [4.78, 5) is 0. The van der Waals surface area contributed by atoms with E-state index in [4.69, 9.17) is 17.3 Å². The number of aliphatic hydroxyl groups excluding tert-OH is 1. The van der Waals surface area contributed by atoms with Gasteiger partial charge in [-0.15, -0.1) is 0 Å². The highest BCUT2D eigenvalue weighted by atomic mass is 127. The molecule has 13 heavy (non-hydrogen) atoms. The Balaban J connectivity index is 3.07. The normalized spacial score (nSPS) is 15.5. The SMILES string of the molecule is CC(O)[C@@H](N)c1cccc(I)c1Cl. The van der Waals surface area contributed by atoms with Crippen LogP contribution in [-0.2, 0) is 0 Å². The maximum absolute atomic E-state index is 9.30. The Morgan fingerprint density at radius 1 is 1.54 bits per heavy atom. The van der Waals surface area contributed by atoms with E-state index in [1.54, 1.807) is 6.92 Å². The first-order valence-electron chi connectivity index (χ1n) is 3.91. The number of rotatable bonds is 2. The Kier molecular flexibility index (Phi) is 3.97. The van der Waals surface area contributed by atoms with Gasteiger partial charge in [0.1, 0.15) is 0 Å². The maximum atomic E-state index is 9.30. The Hall–Kier alpha value is 0.160. The zero-order chi connectivity index (χ0) is 10.0. The van der Waals surface area contributed by atoms with Crippen LogP contribution in [0, 0.1) is 3.57 Å². The molecule has 2 atom stereocenters. The fourth-order valence-corrected chi connectivity index (χ4v) is 1.81. The number of aliphatic hydroxyl groups is 1. The van der Waals surface area contributed by atoms with Crippen LogP contribution in [0.1, 0.15) is 18.5 Å². The van der Waals surface area contributed by atoms with Gasteiger partial charge in [0.25, 0.3) is 0 Å². The van der Waals surface area contributed by atoms with Crippen molar-refractivity contribution in [2.24, 2.45) is 5.73 Å². The highest BCUT2D eigenvalue weighted by molar-refractivity contribution is 14.1. The Bertz CT molecular complexity index is 304. The van der Waals surface area contributed by atoms with Crippen molar-refractivity contribution in [3.8, 4) is 0 Å². The highest BCUT2D eigenvalue weighted by Gasteiger charge is 2.15. The van der Waals surface area contributed by atoms with E-state index >= 15 is 0 Å². The van der Waals surface area contributed by atoms with Gasteiger partial charge in [-0.1, -0.05) is 23.7 Å². The molecule has 3 N–H and O–H groups in total. The first-order valence-corrected chi connectivity index (χ1v) is 5.37. The van der Waals surface area contributed by atoms with Crippen molar-refractivity contribution >= 4 is 34.2 Å². The second-order valence-electron chi connectivity index (χ2n) is 2.91. The summed E-state index contributed by atoms with van der Waals surface area (Å²) in [5, 5.41) is 9.94. The molecule has 0 aromatic heterocycles. The van der Waals surface area contributed by atoms with Gasteiger partial charge in [-0.05, 0) is 41.1 Å². The summed E-state index contributed by atoms with van der Waals surface area (Å²) in [6.45, 7) is 1.65. The molecule has 1 unspecified atom stereocenters. The molecule has 0 fully saturated rings. The number of hydrogen-bond donors (Lipinski definition) is 2. The molecule has 0 amide bonds. The van der Waals surface area contributed by atoms with Crippen molar-refractivity contribution in [1.82, 2.24) is 0 Å². The van der Waals surface area contributed by atoms with Crippen molar-refractivity contribution in [2.75, 3.05) is 0 Å². The van der Waals surface area contributed by atoms with E-state index < -0.39 is 12.1 Å². The Morgan fingerprint density at radius 2 is 2.15 bits per heavy atom. The molecule has 4 heteroatoms. The number of nitrogens with two attached hydrogens (primary N) is 1. The molecule has 0 saturated carbocycles. The van der Waals surface area contributed by atoms with Crippen LogP contribution < -0.4 is 5.73 Å². The molecule has 72 valence electrons. The van der Waals surface area contributed by atoms with Gasteiger partial charge in [-0.3, -0.25) is 0 Å². The van der Waals surface area contributed by atoms with E-state index in [1.807, 2.05) is 18.2 Å². The van der Waals surface area contributed by atoms with Crippen LogP contribution in [0.5, 0.6) is 0 Å². The van der Waals surface area contributed by atoms with E-state index in [0.717, 1.165) is 9.13 Å². The van der Waals surface area contributed by atoms with Gasteiger partial charge in [-0.25, -0.2) is 0 Å². The van der Waals surface area contributed by atoms with Crippen molar-refractivity contribution in [3.05, 3.63) is 32.4 Å². The molecule has 2 nitrogen and oxygen atoms in total. The molecule has 0 bridgehead atoms. The maximum Gasteiger partial charge on any atom is 0.0705 e. The van der Waals surface area contributed by atoms with Gasteiger partial charge >= 0.3 is 0 Å². The lowest BCUT2D eigenvalue weighted by atomic mass is 10.0. The molecule has 0 saturated heterocycles. The molecule has 0 aliphatic rings. The molecular formula is C9H11ClINO. The lowest BCUT2D eigenvalue weighted by Gasteiger charge is -2.16. The van der Waals surface area contributed by atoms with E-state index in [1.165, 1.54) is 0 Å². The lowest BCUT2D eigenvalue weighted by molar-refractivity contribution is 0.164. The molecule has 1 rings (SSSR count). The molecule has 0 aliphatic heterocycles. The van der Waals surface area contributed by atoms with Crippen LogP contribution in [0.4, 0.5) is 0 Å². The molecule has 0 heterocycles. The number of hydrogen-bond acceptors (Lipinski definition) is 2. The topological polar surface area (TPSA) is 46.2 Å². The van der Waals surface area contributed by atoms with Crippen LogP contribution in [0.2, 0.25) is 5.02 Å². The third-order valence-electron chi connectivity index (χ3n) is 1.86. The monoisotopic (exact) mass is 311 g/mol. The lowest BCUT2D eigenvalue weighted by Crippen LogP contribution is -2.23. The van der Waals surface area contributed by atoms with Gasteiger partial charge in [0.05, 0.1) is 17.2 Å². The first-order chi connectivity index (χ1) is 6.04. The zero-order valence-electron chi connectivity index (χ0n) is 7.17. The molecule has 1 aromatic rings. The van der Waals surface area contributed by atoms with Crippen molar-refractivity contribution < 1.29 is 5.11 Å². The largest absolute Gasteiger partial charge is 0.391 e. The minimum Gasteiger partial charge on any atom is -0.391 e. The van der Waals surface area contributed by atoms with E-state index in [0.29, 0.717) is 5.02 Å². The Labute approximate surface area is 96.2 Å². The van der Waals surface area contributed by atoms with Gasteiger partial charge in [-0.2, -0.15) is 0 Å². The van der Waals surface area contributed by atoms with E-state index in [2.05, 4.69) is 22.6 Å². The summed E-state index contributed by atoms with van der Waals surface area (Å²) in [5.41, 5.74) is 6.56. The van der Waals surface area contributed by atoms with Gasteiger partial charge in [0, 0.05) is 3.57 Å². The van der Waals surface area contributed by atoms with Crippen molar-refractivity contribution in [2.45, 2.75) is 19.1 Å². The van der Waals surface area contributed by atoms with Crippen LogP contribution >= 0.6 is 34.2 Å². The minimum atomic E-state index is -0.587. The molecule has 0 aliphatic carbocycles. The highest BCUT2D eigenvalue weighted by Crippen LogP contribution is 2.27. The van der Waals surface area contributed by atoms with E-state index in [9.17, 15) is 5.11 Å². The summed E-state index contributed by atoms with van der Waals surface area (Å²) in [6.07, 6.45) is -0.587. The second-order valence-corrected chi connectivity index (χ2v) is 4.45. The summed E-state index contributed by atoms with van der Waals surface area (Å²) < 4.78 is 0.952. The fourth-order valence-electron chi connectivity index (χ4n) is 1.04. The third kappa shape index (κ3) is 2.56. The number of benzene rings is 1. The molecule has 0 radical (unpaired) electrons. The first kappa shape index (κ1) is 11.2. The number of halogens is 2. The standard InChI is InChI=1S/C9H11ClINO/c1-5(13)9(12)6-3-2-4-7(11)8(6)10/h2-5,9,13H,12H2,1H3/t5?,9-/m1/s1. The molecule has 1 aromatic carbocycles. The summed E-state index contributed by atoms with van der Waals surface area (Å²) in [7, 11) is 0. The molecule has 0 spiro atoms. The summed E-state index contributed by atoms with van der Waals surface area (Å²) >= 11 is 8.17. The average Bonchev–Trinajstić information content (AvgIpc) is 2.08. The predicted molar refractivity (Wildman–Crippen MR) is 62.8 cm³/mol. The summed E-state index contributed by atoms with van der Waals surface area (Å²) in [5.74, 6) is 0. The van der Waals surface area contributed by atoms with Crippen LogP contribution in [0.15, 0.2) is 18.2 Å². The molecular weight excluding hydrogens is 300 g/mol. The smallest absolute Gasteiger partial charge is 0.0705 e. The van der Waals surface area contributed by atoms with E-state index in [-0.39, 0.29) is 0 Å². The third-order valence-corrected chi connectivity index (χ3v) is 3.50. The zero-order valence-corrected chi connectivity index (χ0v) is 10.1. The van der Waals surface area contributed by atoms with Gasteiger partial charge < -0.3 is 10.8 Å². The summed E-state index contributed by atoms with van der Waals surface area (Å²) in [6, 6.07) is 5.20. The predicted octanol–water partition coefficient (Wildman–Crippen LogP) is 2.33. The van der Waals surface area contributed by atoms with Gasteiger partial charge in [0.2, 0.25) is 0 Å². The van der Waals surface area contributed by atoms with Crippen molar-refractivity contribution in [3.63, 3.8) is 0 Å². The van der Waals surface area contributed by atoms with Gasteiger partial charge in [0.15, 0.2) is 0 Å². The van der Waals surface area contributed by atoms with Crippen LogP contribution in [-0.4, -0.2) is 11.2 Å². The van der Waals surface area contributed by atoms with Crippen LogP contribution in [0.25, 0.3) is 0 Å². The Morgan fingerprint density at radius 3 is 2.69 bits per heavy atom. The average molecular weight is 312 g/mol.